The zero-order chi connectivity index (χ0) is 14.5. The lowest BCUT2D eigenvalue weighted by Crippen LogP contribution is -2.02. The van der Waals surface area contributed by atoms with Crippen molar-refractivity contribution in [2.45, 2.75) is 13.2 Å². The summed E-state index contributed by atoms with van der Waals surface area (Å²) in [4.78, 5) is 0. The minimum absolute atomic E-state index is 0.135. The average Bonchev–Trinajstić information content (AvgIpc) is 2.48. The highest BCUT2D eigenvalue weighted by Crippen LogP contribution is 2.23. The molecule has 0 aliphatic rings. The van der Waals surface area contributed by atoms with Crippen molar-refractivity contribution in [1.82, 2.24) is 0 Å². The maximum Gasteiger partial charge on any atom is 0.159 e. The molecule has 0 bridgehead atoms. The van der Waals surface area contributed by atoms with Crippen molar-refractivity contribution in [3.8, 4) is 5.75 Å². The number of methoxy groups -OCH3 is 1. The number of hydrogen-bond acceptors (Lipinski definition) is 3. The van der Waals surface area contributed by atoms with E-state index >= 15 is 0 Å². The van der Waals surface area contributed by atoms with Crippen LogP contribution in [0.2, 0.25) is 0 Å². The van der Waals surface area contributed by atoms with Crippen LogP contribution < -0.4 is 10.1 Å². The summed E-state index contributed by atoms with van der Waals surface area (Å²) in [6, 6.07) is 9.04. The number of benzene rings is 2. The first-order chi connectivity index (χ1) is 9.63. The van der Waals surface area contributed by atoms with Crippen molar-refractivity contribution in [3.05, 3.63) is 59.2 Å². The molecule has 0 fully saturated rings. The molecule has 20 heavy (non-hydrogen) atoms. The van der Waals surface area contributed by atoms with Gasteiger partial charge in [-0.05, 0) is 35.9 Å². The predicted molar refractivity (Wildman–Crippen MR) is 72.6 cm³/mol. The fourth-order valence-corrected chi connectivity index (χ4v) is 1.87. The average molecular weight is 279 g/mol. The van der Waals surface area contributed by atoms with Gasteiger partial charge in [0.15, 0.2) is 11.6 Å². The lowest BCUT2D eigenvalue weighted by atomic mass is 10.1. The fraction of sp³-hybridized carbons (Fsp3) is 0.200. The molecule has 2 N–H and O–H groups in total. The van der Waals surface area contributed by atoms with E-state index in [0.717, 1.165) is 17.8 Å². The van der Waals surface area contributed by atoms with Gasteiger partial charge in [0, 0.05) is 17.8 Å². The van der Waals surface area contributed by atoms with E-state index in [9.17, 15) is 13.9 Å². The van der Waals surface area contributed by atoms with Crippen LogP contribution in [0.1, 0.15) is 11.1 Å². The largest absolute Gasteiger partial charge is 0.496 e. The van der Waals surface area contributed by atoms with Gasteiger partial charge in [-0.1, -0.05) is 6.07 Å². The Morgan fingerprint density at radius 1 is 1.10 bits per heavy atom. The van der Waals surface area contributed by atoms with Gasteiger partial charge < -0.3 is 15.2 Å². The van der Waals surface area contributed by atoms with Gasteiger partial charge in [-0.2, -0.15) is 0 Å². The lowest BCUT2D eigenvalue weighted by molar-refractivity contribution is 0.274. The Labute approximate surface area is 115 Å². The summed E-state index contributed by atoms with van der Waals surface area (Å²) >= 11 is 0. The van der Waals surface area contributed by atoms with Gasteiger partial charge >= 0.3 is 0 Å². The molecule has 0 aliphatic carbocycles. The minimum atomic E-state index is -0.866. The lowest BCUT2D eigenvalue weighted by Gasteiger charge is -2.11. The molecule has 0 atom stereocenters. The molecule has 106 valence electrons. The Morgan fingerprint density at radius 2 is 1.90 bits per heavy atom. The van der Waals surface area contributed by atoms with Gasteiger partial charge in [0.25, 0.3) is 0 Å². The quantitative estimate of drug-likeness (QED) is 0.883. The molecule has 2 aromatic rings. The van der Waals surface area contributed by atoms with Crippen LogP contribution in [0.25, 0.3) is 0 Å². The number of rotatable bonds is 5. The van der Waals surface area contributed by atoms with Crippen molar-refractivity contribution in [3.63, 3.8) is 0 Å². The van der Waals surface area contributed by atoms with Crippen LogP contribution in [0.4, 0.5) is 14.5 Å². The molecular weight excluding hydrogens is 264 g/mol. The Bertz CT molecular complexity index is 602. The normalized spacial score (nSPS) is 10.4. The molecule has 0 aromatic heterocycles. The molecule has 0 spiro atoms. The minimum Gasteiger partial charge on any atom is -0.496 e. The highest BCUT2D eigenvalue weighted by molar-refractivity contribution is 5.51. The standard InChI is InChI=1S/C15H15F2NO2/c1-20-15-5-3-12(7-11(15)9-19)18-8-10-2-4-13(16)14(17)6-10/h2-7,18-19H,8-9H2,1H3. The SMILES string of the molecule is COc1ccc(NCc2ccc(F)c(F)c2)cc1CO. The molecule has 3 nitrogen and oxygen atoms in total. The van der Waals surface area contributed by atoms with Crippen LogP contribution in [-0.4, -0.2) is 12.2 Å². The second-order valence-corrected chi connectivity index (χ2v) is 4.29. The van der Waals surface area contributed by atoms with Crippen molar-refractivity contribution < 1.29 is 18.6 Å². The maximum absolute atomic E-state index is 13.1. The van der Waals surface area contributed by atoms with Gasteiger partial charge in [0.1, 0.15) is 5.75 Å². The summed E-state index contributed by atoms with van der Waals surface area (Å²) < 4.78 is 31.0. The van der Waals surface area contributed by atoms with Crippen LogP contribution in [0.15, 0.2) is 36.4 Å². The molecule has 0 heterocycles. The summed E-state index contributed by atoms with van der Waals surface area (Å²) in [7, 11) is 1.53. The van der Waals surface area contributed by atoms with Gasteiger partial charge in [-0.15, -0.1) is 0 Å². The molecule has 0 aliphatic heterocycles. The monoisotopic (exact) mass is 279 g/mol. The van der Waals surface area contributed by atoms with Crippen LogP contribution in [-0.2, 0) is 13.2 Å². The van der Waals surface area contributed by atoms with E-state index in [1.165, 1.54) is 13.2 Å². The Balaban J connectivity index is 2.08. The number of aliphatic hydroxyl groups is 1. The number of ether oxygens (including phenoxy) is 1. The fourth-order valence-electron chi connectivity index (χ4n) is 1.87. The number of aliphatic hydroxyl groups excluding tert-OH is 1. The van der Waals surface area contributed by atoms with E-state index in [-0.39, 0.29) is 6.61 Å². The Kier molecular flexibility index (Phi) is 4.53. The number of nitrogens with one attached hydrogen (secondary N) is 1. The molecule has 0 saturated carbocycles. The molecule has 0 amide bonds. The second kappa shape index (κ2) is 6.34. The first kappa shape index (κ1) is 14.3. The van der Waals surface area contributed by atoms with Crippen LogP contribution >= 0.6 is 0 Å². The maximum atomic E-state index is 13.1. The summed E-state index contributed by atoms with van der Waals surface area (Å²) in [5.41, 5.74) is 2.05. The third-order valence-corrected chi connectivity index (χ3v) is 2.93. The van der Waals surface area contributed by atoms with Crippen molar-refractivity contribution >= 4 is 5.69 Å². The molecular formula is C15H15F2NO2. The molecule has 0 saturated heterocycles. The zero-order valence-corrected chi connectivity index (χ0v) is 11.0. The van der Waals surface area contributed by atoms with Crippen LogP contribution in [0.5, 0.6) is 5.75 Å². The Morgan fingerprint density at radius 3 is 2.55 bits per heavy atom. The highest BCUT2D eigenvalue weighted by Gasteiger charge is 2.05. The van der Waals surface area contributed by atoms with Crippen LogP contribution in [0.3, 0.4) is 0 Å². The van der Waals surface area contributed by atoms with Gasteiger partial charge in [0.2, 0.25) is 0 Å². The van der Waals surface area contributed by atoms with Gasteiger partial charge in [0.05, 0.1) is 13.7 Å². The van der Waals surface area contributed by atoms with E-state index in [0.29, 0.717) is 23.4 Å². The van der Waals surface area contributed by atoms with E-state index in [1.54, 1.807) is 18.2 Å². The molecule has 2 aromatic carbocycles. The number of anilines is 1. The molecule has 5 heteroatoms. The molecule has 2 rings (SSSR count). The van der Waals surface area contributed by atoms with E-state index < -0.39 is 11.6 Å². The van der Waals surface area contributed by atoms with Crippen molar-refractivity contribution in [2.75, 3.05) is 12.4 Å². The van der Waals surface area contributed by atoms with E-state index in [2.05, 4.69) is 5.32 Å². The third kappa shape index (κ3) is 3.24. The van der Waals surface area contributed by atoms with Crippen molar-refractivity contribution in [1.29, 1.82) is 0 Å². The van der Waals surface area contributed by atoms with E-state index in [1.807, 2.05) is 0 Å². The van der Waals surface area contributed by atoms with Crippen LogP contribution in [0, 0.1) is 11.6 Å². The molecule has 0 unspecified atom stereocenters. The Hall–Kier alpha value is -2.14. The summed E-state index contributed by atoms with van der Waals surface area (Å²) in [5.74, 6) is -1.12. The number of halogens is 2. The van der Waals surface area contributed by atoms with E-state index in [4.69, 9.17) is 4.74 Å². The topological polar surface area (TPSA) is 41.5 Å². The van der Waals surface area contributed by atoms with Crippen molar-refractivity contribution in [2.24, 2.45) is 0 Å². The van der Waals surface area contributed by atoms with Gasteiger partial charge in [-0.25, -0.2) is 8.78 Å². The first-order valence-corrected chi connectivity index (χ1v) is 6.09. The second-order valence-electron chi connectivity index (χ2n) is 4.29. The smallest absolute Gasteiger partial charge is 0.159 e. The summed E-state index contributed by atoms with van der Waals surface area (Å²) in [5, 5.41) is 12.3. The summed E-state index contributed by atoms with van der Waals surface area (Å²) in [6.45, 7) is 0.221. The predicted octanol–water partition coefficient (Wildman–Crippen LogP) is 3.08. The number of hydrogen-bond donors (Lipinski definition) is 2. The third-order valence-electron chi connectivity index (χ3n) is 2.93. The van der Waals surface area contributed by atoms with Gasteiger partial charge in [-0.3, -0.25) is 0 Å². The summed E-state index contributed by atoms with van der Waals surface area (Å²) in [6.07, 6.45) is 0. The highest BCUT2D eigenvalue weighted by atomic mass is 19.2. The molecule has 0 radical (unpaired) electrons. The first-order valence-electron chi connectivity index (χ1n) is 6.09. The zero-order valence-electron chi connectivity index (χ0n) is 11.0.